The number of carbonyl (C=O) groups excluding carboxylic acids is 2. The van der Waals surface area contributed by atoms with Crippen molar-refractivity contribution in [3.05, 3.63) is 63.2 Å². The van der Waals surface area contributed by atoms with Crippen LogP contribution in [0.15, 0.2) is 36.4 Å². The van der Waals surface area contributed by atoms with E-state index in [1.165, 1.54) is 36.6 Å². The first-order chi connectivity index (χ1) is 14.5. The lowest BCUT2D eigenvalue weighted by Crippen LogP contribution is -2.27. The molecule has 1 aromatic heterocycles. The van der Waals surface area contributed by atoms with Gasteiger partial charge in [-0.2, -0.15) is 0 Å². The van der Waals surface area contributed by atoms with Crippen molar-refractivity contribution in [1.29, 1.82) is 0 Å². The van der Waals surface area contributed by atoms with Gasteiger partial charge in [-0.15, -0.1) is 11.3 Å². The number of hydrogen-bond acceptors (Lipinski definition) is 5. The first-order valence-electron chi connectivity index (χ1n) is 9.03. The number of fused-ring (bicyclic) bond motifs is 1. The van der Waals surface area contributed by atoms with Gasteiger partial charge in [0.2, 0.25) is 0 Å². The third kappa shape index (κ3) is 4.79. The minimum atomic E-state index is -0.406. The Balaban J connectivity index is 1.83. The van der Waals surface area contributed by atoms with E-state index in [4.69, 9.17) is 21.1 Å². The van der Waals surface area contributed by atoms with Gasteiger partial charge in [0.15, 0.2) is 0 Å². The number of hydrogen-bond donors (Lipinski definition) is 2. The first-order valence-corrected chi connectivity index (χ1v) is 10.2. The number of ether oxygens (including phenoxy) is 2. The summed E-state index contributed by atoms with van der Waals surface area (Å²) < 4.78 is 25.0. The standard InChI is InChI=1S/C21H20ClFN2O4S/c1-28-9-8-24-20(26)13-7-6-12(10-15(13)22)25-21(27)19-14(11-29-2)18-16(23)4-3-5-17(18)30-19/h3-7,10H,8-9,11H2,1-2H3,(H,24,26)(H,25,27). The molecule has 0 aliphatic carbocycles. The number of thiophene rings is 1. The second kappa shape index (κ2) is 9.99. The molecule has 0 saturated heterocycles. The van der Waals surface area contributed by atoms with E-state index in [0.717, 1.165) is 0 Å². The molecule has 0 atom stereocenters. The molecular formula is C21H20ClFN2O4S. The van der Waals surface area contributed by atoms with E-state index in [1.54, 1.807) is 25.3 Å². The fourth-order valence-electron chi connectivity index (χ4n) is 2.96. The Labute approximate surface area is 181 Å². The van der Waals surface area contributed by atoms with E-state index in [2.05, 4.69) is 10.6 Å². The van der Waals surface area contributed by atoms with Gasteiger partial charge in [-0.3, -0.25) is 9.59 Å². The third-order valence-corrected chi connectivity index (χ3v) is 5.83. The van der Waals surface area contributed by atoms with Crippen LogP contribution < -0.4 is 10.6 Å². The monoisotopic (exact) mass is 450 g/mol. The number of benzene rings is 2. The van der Waals surface area contributed by atoms with Crippen molar-refractivity contribution in [3.63, 3.8) is 0 Å². The lowest BCUT2D eigenvalue weighted by molar-refractivity contribution is 0.0936. The van der Waals surface area contributed by atoms with E-state index in [1.807, 2.05) is 0 Å². The smallest absolute Gasteiger partial charge is 0.266 e. The Kier molecular flexibility index (Phi) is 7.38. The van der Waals surface area contributed by atoms with Crippen LogP contribution in [-0.4, -0.2) is 39.2 Å². The highest BCUT2D eigenvalue weighted by Gasteiger charge is 2.21. The molecule has 9 heteroatoms. The Morgan fingerprint density at radius 1 is 1.13 bits per heavy atom. The van der Waals surface area contributed by atoms with Crippen molar-refractivity contribution in [2.75, 3.05) is 32.7 Å². The predicted octanol–water partition coefficient (Wildman–Crippen LogP) is 4.47. The van der Waals surface area contributed by atoms with Gasteiger partial charge in [-0.25, -0.2) is 4.39 Å². The number of nitrogens with one attached hydrogen (secondary N) is 2. The molecular weight excluding hydrogens is 431 g/mol. The number of amides is 2. The second-order valence-corrected chi connectivity index (χ2v) is 7.81. The molecule has 1 heterocycles. The predicted molar refractivity (Wildman–Crippen MR) is 116 cm³/mol. The van der Waals surface area contributed by atoms with Crippen molar-refractivity contribution in [3.8, 4) is 0 Å². The number of carbonyl (C=O) groups is 2. The van der Waals surface area contributed by atoms with Gasteiger partial charge in [0.1, 0.15) is 5.82 Å². The Bertz CT molecular complexity index is 1090. The molecule has 158 valence electrons. The maximum Gasteiger partial charge on any atom is 0.266 e. The van der Waals surface area contributed by atoms with Gasteiger partial charge in [-0.1, -0.05) is 17.7 Å². The van der Waals surface area contributed by atoms with Gasteiger partial charge in [0.25, 0.3) is 11.8 Å². The Morgan fingerprint density at radius 3 is 2.63 bits per heavy atom. The van der Waals surface area contributed by atoms with Gasteiger partial charge in [0, 0.05) is 42.1 Å². The molecule has 0 bridgehead atoms. The van der Waals surface area contributed by atoms with Crippen molar-refractivity contribution in [2.24, 2.45) is 0 Å². The molecule has 0 aliphatic heterocycles. The molecule has 0 unspecified atom stereocenters. The summed E-state index contributed by atoms with van der Waals surface area (Å²) in [6.45, 7) is 0.844. The molecule has 0 spiro atoms. The zero-order valence-electron chi connectivity index (χ0n) is 16.4. The first kappa shape index (κ1) is 22.2. The average Bonchev–Trinajstić information content (AvgIpc) is 3.08. The molecule has 2 aromatic carbocycles. The molecule has 6 nitrogen and oxygen atoms in total. The van der Waals surface area contributed by atoms with Crippen LogP contribution >= 0.6 is 22.9 Å². The fourth-order valence-corrected chi connectivity index (χ4v) is 4.34. The second-order valence-electron chi connectivity index (χ2n) is 6.35. The van der Waals surface area contributed by atoms with Crippen molar-refractivity contribution >= 4 is 50.5 Å². The Morgan fingerprint density at radius 2 is 1.93 bits per heavy atom. The SMILES string of the molecule is COCCNC(=O)c1ccc(NC(=O)c2sc3cccc(F)c3c2COC)cc1Cl. The summed E-state index contributed by atoms with van der Waals surface area (Å²) in [5.74, 6) is -1.14. The minimum absolute atomic E-state index is 0.102. The van der Waals surface area contributed by atoms with Gasteiger partial charge in [-0.05, 0) is 30.3 Å². The highest BCUT2D eigenvalue weighted by molar-refractivity contribution is 7.21. The Hall–Kier alpha value is -2.52. The van der Waals surface area contributed by atoms with Crippen LogP contribution in [0.4, 0.5) is 10.1 Å². The summed E-state index contributed by atoms with van der Waals surface area (Å²) in [7, 11) is 3.03. The van der Waals surface area contributed by atoms with Crippen LogP contribution in [0.2, 0.25) is 5.02 Å². The normalized spacial score (nSPS) is 10.9. The van der Waals surface area contributed by atoms with Crippen molar-refractivity contribution in [2.45, 2.75) is 6.61 Å². The summed E-state index contributed by atoms with van der Waals surface area (Å²) >= 11 is 7.41. The maximum absolute atomic E-state index is 14.3. The molecule has 0 aliphatic rings. The van der Waals surface area contributed by atoms with Crippen LogP contribution in [0.25, 0.3) is 10.1 Å². The summed E-state index contributed by atoms with van der Waals surface area (Å²) in [5.41, 5.74) is 1.20. The average molecular weight is 451 g/mol. The van der Waals surface area contributed by atoms with E-state index in [9.17, 15) is 14.0 Å². The fraction of sp³-hybridized carbons (Fsp3) is 0.238. The quantitative estimate of drug-likeness (QED) is 0.496. The van der Waals surface area contributed by atoms with Crippen LogP contribution in [0, 0.1) is 5.82 Å². The zero-order valence-corrected chi connectivity index (χ0v) is 18.0. The van der Waals surface area contributed by atoms with E-state index in [0.29, 0.717) is 39.4 Å². The maximum atomic E-state index is 14.3. The highest BCUT2D eigenvalue weighted by atomic mass is 35.5. The van der Waals surface area contributed by atoms with E-state index >= 15 is 0 Å². The van der Waals surface area contributed by atoms with Gasteiger partial charge >= 0.3 is 0 Å². The molecule has 0 radical (unpaired) electrons. The molecule has 0 fully saturated rings. The molecule has 2 amide bonds. The molecule has 30 heavy (non-hydrogen) atoms. The highest BCUT2D eigenvalue weighted by Crippen LogP contribution is 2.34. The van der Waals surface area contributed by atoms with Crippen molar-refractivity contribution in [1.82, 2.24) is 5.32 Å². The summed E-state index contributed by atoms with van der Waals surface area (Å²) in [6.07, 6.45) is 0. The summed E-state index contributed by atoms with van der Waals surface area (Å²) in [5, 5.41) is 6.02. The largest absolute Gasteiger partial charge is 0.383 e. The molecule has 2 N–H and O–H groups in total. The van der Waals surface area contributed by atoms with E-state index in [-0.39, 0.29) is 23.1 Å². The van der Waals surface area contributed by atoms with Crippen molar-refractivity contribution < 1.29 is 23.5 Å². The third-order valence-electron chi connectivity index (χ3n) is 4.32. The van der Waals surface area contributed by atoms with E-state index < -0.39 is 11.7 Å². The minimum Gasteiger partial charge on any atom is -0.383 e. The summed E-state index contributed by atoms with van der Waals surface area (Å²) in [6, 6.07) is 9.32. The van der Waals surface area contributed by atoms with Gasteiger partial charge < -0.3 is 20.1 Å². The summed E-state index contributed by atoms with van der Waals surface area (Å²) in [4.78, 5) is 25.4. The number of rotatable bonds is 8. The number of methoxy groups -OCH3 is 2. The van der Waals surface area contributed by atoms with Crippen LogP contribution in [-0.2, 0) is 16.1 Å². The lowest BCUT2D eigenvalue weighted by Gasteiger charge is -2.10. The topological polar surface area (TPSA) is 76.7 Å². The zero-order chi connectivity index (χ0) is 21.7. The molecule has 3 rings (SSSR count). The lowest BCUT2D eigenvalue weighted by atomic mass is 10.1. The van der Waals surface area contributed by atoms with Crippen LogP contribution in [0.5, 0.6) is 0 Å². The number of halogens is 2. The van der Waals surface area contributed by atoms with Crippen LogP contribution in [0.3, 0.4) is 0 Å². The molecule has 0 saturated carbocycles. The van der Waals surface area contributed by atoms with Gasteiger partial charge in [0.05, 0.1) is 28.7 Å². The number of anilines is 1. The molecule has 3 aromatic rings. The van der Waals surface area contributed by atoms with Crippen LogP contribution in [0.1, 0.15) is 25.6 Å².